The van der Waals surface area contributed by atoms with Crippen molar-refractivity contribution in [3.8, 4) is 11.8 Å². The second-order valence-electron chi connectivity index (χ2n) is 10.0. The molecule has 0 aromatic heterocycles. The summed E-state index contributed by atoms with van der Waals surface area (Å²) in [5.41, 5.74) is 0.693. The summed E-state index contributed by atoms with van der Waals surface area (Å²) in [5, 5.41) is 10.2. The summed E-state index contributed by atoms with van der Waals surface area (Å²) in [5.74, 6) is 9.04. The Hall–Kier alpha value is -1.01. The van der Waals surface area contributed by atoms with Crippen LogP contribution in [0.5, 0.6) is 0 Å². The van der Waals surface area contributed by atoms with Crippen molar-refractivity contribution in [3.05, 3.63) is 0 Å². The summed E-state index contributed by atoms with van der Waals surface area (Å²) in [6.07, 6.45) is 10.7. The van der Waals surface area contributed by atoms with Gasteiger partial charge in [-0.3, -0.25) is 0 Å². The SMILES string of the molecule is COC(=O)C#C[C@H]1CC[C@H]2[C@@H]3CC[C@H]4C[C@H](O)CC[C@]4(C)[C@H]3CC[C@]12C. The number of methoxy groups -OCH3 is 1. The molecule has 0 aromatic carbocycles. The predicted octanol–water partition coefficient (Wildman–Crippen LogP) is 4.18. The average Bonchev–Trinajstić information content (AvgIpc) is 2.96. The van der Waals surface area contributed by atoms with Gasteiger partial charge in [-0.2, -0.15) is 0 Å². The van der Waals surface area contributed by atoms with E-state index >= 15 is 0 Å². The van der Waals surface area contributed by atoms with Gasteiger partial charge in [0.2, 0.25) is 0 Å². The monoisotopic (exact) mass is 358 g/mol. The molecule has 4 aliphatic carbocycles. The number of aliphatic hydroxyl groups is 1. The number of hydrogen-bond donors (Lipinski definition) is 1. The Kier molecular flexibility index (Phi) is 4.63. The van der Waals surface area contributed by atoms with E-state index in [1.165, 1.54) is 45.6 Å². The minimum absolute atomic E-state index is 0.0667. The molecule has 4 aliphatic rings. The quantitative estimate of drug-likeness (QED) is 0.401. The van der Waals surface area contributed by atoms with Crippen molar-refractivity contribution in [2.45, 2.75) is 77.7 Å². The van der Waals surface area contributed by atoms with Crippen LogP contribution in [0, 0.1) is 52.3 Å². The van der Waals surface area contributed by atoms with Crippen LogP contribution in [0.1, 0.15) is 71.6 Å². The van der Waals surface area contributed by atoms with Crippen LogP contribution in [0.4, 0.5) is 0 Å². The van der Waals surface area contributed by atoms with E-state index < -0.39 is 5.97 Å². The summed E-state index contributed by atoms with van der Waals surface area (Å²) >= 11 is 0. The van der Waals surface area contributed by atoms with Crippen molar-refractivity contribution in [2.75, 3.05) is 7.11 Å². The second-order valence-corrected chi connectivity index (χ2v) is 10.0. The van der Waals surface area contributed by atoms with E-state index in [1.807, 2.05) is 0 Å². The third-order valence-electron chi connectivity index (χ3n) is 9.17. The Bertz CT molecular complexity index is 631. The van der Waals surface area contributed by atoms with Gasteiger partial charge in [0.25, 0.3) is 0 Å². The molecule has 26 heavy (non-hydrogen) atoms. The van der Waals surface area contributed by atoms with Crippen LogP contribution in [0.15, 0.2) is 0 Å². The lowest BCUT2D eigenvalue weighted by molar-refractivity contribution is -0.133. The van der Waals surface area contributed by atoms with Gasteiger partial charge in [-0.05, 0) is 92.3 Å². The normalized spacial score (nSPS) is 49.8. The molecule has 0 amide bonds. The molecule has 0 aliphatic heterocycles. The molecule has 0 aromatic rings. The highest BCUT2D eigenvalue weighted by molar-refractivity contribution is 5.88. The van der Waals surface area contributed by atoms with Gasteiger partial charge >= 0.3 is 5.97 Å². The number of carbonyl (C=O) groups excluding carboxylic acids is 1. The summed E-state index contributed by atoms with van der Waals surface area (Å²) in [7, 11) is 1.40. The predicted molar refractivity (Wildman–Crippen MR) is 101 cm³/mol. The lowest BCUT2D eigenvalue weighted by atomic mass is 9.44. The molecule has 4 fully saturated rings. The number of carbonyl (C=O) groups is 1. The zero-order valence-corrected chi connectivity index (χ0v) is 16.6. The van der Waals surface area contributed by atoms with E-state index in [2.05, 4.69) is 25.7 Å². The minimum atomic E-state index is -0.403. The molecule has 3 heteroatoms. The third kappa shape index (κ3) is 2.71. The molecule has 3 nitrogen and oxygen atoms in total. The molecule has 0 unspecified atom stereocenters. The summed E-state index contributed by atoms with van der Waals surface area (Å²) in [4.78, 5) is 11.5. The van der Waals surface area contributed by atoms with Crippen LogP contribution in [0.3, 0.4) is 0 Å². The Balaban J connectivity index is 1.56. The van der Waals surface area contributed by atoms with Gasteiger partial charge in [-0.1, -0.05) is 19.8 Å². The van der Waals surface area contributed by atoms with Gasteiger partial charge in [0.15, 0.2) is 0 Å². The highest BCUT2D eigenvalue weighted by Gasteiger charge is 2.59. The molecule has 0 spiro atoms. The molecule has 8 atom stereocenters. The highest BCUT2D eigenvalue weighted by atomic mass is 16.5. The minimum Gasteiger partial charge on any atom is -0.459 e. The lowest BCUT2D eigenvalue weighted by Gasteiger charge is -2.60. The molecular weight excluding hydrogens is 324 g/mol. The van der Waals surface area contributed by atoms with Gasteiger partial charge in [0, 0.05) is 11.8 Å². The number of rotatable bonds is 0. The van der Waals surface area contributed by atoms with E-state index in [-0.39, 0.29) is 11.5 Å². The van der Waals surface area contributed by atoms with Gasteiger partial charge in [-0.15, -0.1) is 0 Å². The van der Waals surface area contributed by atoms with Crippen molar-refractivity contribution >= 4 is 5.97 Å². The van der Waals surface area contributed by atoms with Crippen molar-refractivity contribution in [1.82, 2.24) is 0 Å². The number of ether oxygens (including phenoxy) is 1. The molecule has 1 N–H and O–H groups in total. The standard InChI is InChI=1S/C23H34O3/c1-22-13-11-20-18(7-4-16-14-17(24)10-12-23(16,20)2)19(22)8-5-15(22)6-9-21(25)26-3/h15-20,24H,4-5,7-8,10-14H2,1-3H3/t15-,16+,17-,18+,19+,20+,22-,23+/m1/s1. The Morgan fingerprint density at radius 3 is 2.50 bits per heavy atom. The van der Waals surface area contributed by atoms with Crippen LogP contribution >= 0.6 is 0 Å². The topological polar surface area (TPSA) is 46.5 Å². The van der Waals surface area contributed by atoms with Crippen molar-refractivity contribution in [2.24, 2.45) is 40.4 Å². The Morgan fingerprint density at radius 2 is 1.73 bits per heavy atom. The zero-order chi connectivity index (χ0) is 18.5. The van der Waals surface area contributed by atoms with Crippen molar-refractivity contribution in [3.63, 3.8) is 0 Å². The van der Waals surface area contributed by atoms with E-state index in [0.717, 1.165) is 37.0 Å². The van der Waals surface area contributed by atoms with Gasteiger partial charge < -0.3 is 9.84 Å². The van der Waals surface area contributed by atoms with Gasteiger partial charge in [0.1, 0.15) is 0 Å². The molecular formula is C23H34O3. The summed E-state index contributed by atoms with van der Waals surface area (Å²) in [6, 6.07) is 0. The average molecular weight is 359 g/mol. The molecule has 0 saturated heterocycles. The highest BCUT2D eigenvalue weighted by Crippen LogP contribution is 2.67. The third-order valence-corrected chi connectivity index (χ3v) is 9.17. The van der Waals surface area contributed by atoms with Crippen LogP contribution < -0.4 is 0 Å². The molecule has 144 valence electrons. The fraction of sp³-hybridized carbons (Fsp3) is 0.870. The molecule has 4 rings (SSSR count). The number of fused-ring (bicyclic) bond motifs is 5. The van der Waals surface area contributed by atoms with Crippen LogP contribution in [-0.2, 0) is 9.53 Å². The first kappa shape index (κ1) is 18.4. The Labute approximate surface area is 158 Å². The van der Waals surface area contributed by atoms with Crippen molar-refractivity contribution < 1.29 is 14.6 Å². The molecule has 0 bridgehead atoms. The maximum absolute atomic E-state index is 11.5. The Morgan fingerprint density at radius 1 is 1.00 bits per heavy atom. The zero-order valence-electron chi connectivity index (χ0n) is 16.6. The first-order valence-corrected chi connectivity index (χ1v) is 10.7. The largest absolute Gasteiger partial charge is 0.459 e. The van der Waals surface area contributed by atoms with E-state index in [1.54, 1.807) is 0 Å². The first-order chi connectivity index (χ1) is 12.4. The fourth-order valence-corrected chi connectivity index (χ4v) is 7.67. The smallest absolute Gasteiger partial charge is 0.384 e. The summed E-state index contributed by atoms with van der Waals surface area (Å²) in [6.45, 7) is 4.98. The molecule has 0 heterocycles. The van der Waals surface area contributed by atoms with E-state index in [9.17, 15) is 9.90 Å². The van der Waals surface area contributed by atoms with Crippen molar-refractivity contribution in [1.29, 1.82) is 0 Å². The molecule has 4 saturated carbocycles. The van der Waals surface area contributed by atoms with Crippen LogP contribution in [-0.4, -0.2) is 24.3 Å². The summed E-state index contributed by atoms with van der Waals surface area (Å²) < 4.78 is 4.71. The second kappa shape index (κ2) is 6.55. The number of aliphatic hydroxyl groups excluding tert-OH is 1. The maximum Gasteiger partial charge on any atom is 0.384 e. The van der Waals surface area contributed by atoms with Gasteiger partial charge in [-0.25, -0.2) is 4.79 Å². The van der Waals surface area contributed by atoms with E-state index in [4.69, 9.17) is 4.74 Å². The van der Waals surface area contributed by atoms with E-state index in [0.29, 0.717) is 17.3 Å². The number of esters is 1. The lowest BCUT2D eigenvalue weighted by Crippen LogP contribution is -2.53. The maximum atomic E-state index is 11.5. The fourth-order valence-electron chi connectivity index (χ4n) is 7.67. The van der Waals surface area contributed by atoms with Crippen LogP contribution in [0.25, 0.3) is 0 Å². The molecule has 0 radical (unpaired) electrons. The van der Waals surface area contributed by atoms with Crippen LogP contribution in [0.2, 0.25) is 0 Å². The van der Waals surface area contributed by atoms with Gasteiger partial charge in [0.05, 0.1) is 13.2 Å². The first-order valence-electron chi connectivity index (χ1n) is 10.7. The number of hydrogen-bond acceptors (Lipinski definition) is 3.